The van der Waals surface area contributed by atoms with Crippen molar-refractivity contribution in [1.29, 1.82) is 0 Å². The van der Waals surface area contributed by atoms with Gasteiger partial charge in [-0.2, -0.15) is 0 Å². The lowest BCUT2D eigenvalue weighted by Crippen LogP contribution is -2.01. The number of aryl methyl sites for hydroxylation is 1. The summed E-state index contributed by atoms with van der Waals surface area (Å²) in [4.78, 5) is 7.69. The van der Waals surface area contributed by atoms with Gasteiger partial charge in [-0.1, -0.05) is 0 Å². The molecule has 0 aromatic carbocycles. The van der Waals surface area contributed by atoms with Crippen LogP contribution in [0.2, 0.25) is 0 Å². The van der Waals surface area contributed by atoms with E-state index in [0.717, 1.165) is 0 Å². The van der Waals surface area contributed by atoms with E-state index in [1.165, 1.54) is 6.20 Å². The van der Waals surface area contributed by atoms with Crippen LogP contribution in [0.25, 0.3) is 0 Å². The molecule has 0 fully saturated rings. The molecular formula is C6H8N3O3P. The summed E-state index contributed by atoms with van der Waals surface area (Å²) >= 11 is 0. The van der Waals surface area contributed by atoms with Crippen LogP contribution in [-0.2, 0) is 20.3 Å². The molecule has 1 heterocycles. The minimum atomic E-state index is -2.86. The highest BCUT2D eigenvalue weighted by atomic mass is 31.1. The second-order valence-corrected chi connectivity index (χ2v) is 3.03. The van der Waals surface area contributed by atoms with E-state index in [4.69, 9.17) is 5.73 Å². The standard InChI is InChI=1S/C6H8N3O3P/c1-4-8-2-5(6(7)9-4)3-12-13(10)11/h2H,3H2,1H3,(H2,7,8,9). The zero-order chi connectivity index (χ0) is 9.84. The second kappa shape index (κ2) is 4.11. The van der Waals surface area contributed by atoms with Crippen molar-refractivity contribution < 1.29 is 13.7 Å². The summed E-state index contributed by atoms with van der Waals surface area (Å²) in [5, 5.41) is 0. The van der Waals surface area contributed by atoms with Gasteiger partial charge in [0, 0.05) is 11.8 Å². The normalized spacial score (nSPS) is 9.92. The zero-order valence-corrected chi connectivity index (χ0v) is 7.82. The average molecular weight is 201 g/mol. The molecule has 0 amide bonds. The van der Waals surface area contributed by atoms with Crippen LogP contribution in [-0.4, -0.2) is 9.97 Å². The third-order valence-corrected chi connectivity index (χ3v) is 1.68. The molecule has 2 N–H and O–H groups in total. The highest BCUT2D eigenvalue weighted by molar-refractivity contribution is 7.24. The van der Waals surface area contributed by atoms with Gasteiger partial charge in [0.1, 0.15) is 11.6 Å². The van der Waals surface area contributed by atoms with E-state index >= 15 is 0 Å². The molecule has 0 radical (unpaired) electrons. The molecule has 0 saturated heterocycles. The Balaban J connectivity index is 2.77. The number of anilines is 1. The minimum Gasteiger partial charge on any atom is -0.383 e. The molecule has 0 aliphatic rings. The molecule has 7 heteroatoms. The summed E-state index contributed by atoms with van der Waals surface area (Å²) in [7, 11) is -2.86. The van der Waals surface area contributed by atoms with E-state index in [9.17, 15) is 9.13 Å². The van der Waals surface area contributed by atoms with Crippen molar-refractivity contribution >= 4 is 13.7 Å². The SMILES string of the molecule is Cc1ncc(COP(=O)=O)c(N)n1. The molecule has 0 aliphatic carbocycles. The Bertz CT molecular complexity index is 369. The predicted octanol–water partition coefficient (Wildman–Crippen LogP) is 0.972. The Morgan fingerprint density at radius 2 is 2.31 bits per heavy atom. The lowest BCUT2D eigenvalue weighted by Gasteiger charge is -2.01. The van der Waals surface area contributed by atoms with Gasteiger partial charge < -0.3 is 5.73 Å². The first-order valence-electron chi connectivity index (χ1n) is 3.45. The number of nitrogens with two attached hydrogens (primary N) is 1. The third kappa shape index (κ3) is 2.93. The number of nitrogens with zero attached hydrogens (tertiary/aromatic N) is 2. The van der Waals surface area contributed by atoms with Crippen LogP contribution < -0.4 is 5.73 Å². The van der Waals surface area contributed by atoms with Crippen LogP contribution in [0.15, 0.2) is 6.20 Å². The summed E-state index contributed by atoms with van der Waals surface area (Å²) in [6.45, 7) is 1.57. The molecule has 1 aromatic rings. The van der Waals surface area contributed by atoms with Gasteiger partial charge in [0.2, 0.25) is 0 Å². The summed E-state index contributed by atoms with van der Waals surface area (Å²) in [5.74, 6) is 0.775. The summed E-state index contributed by atoms with van der Waals surface area (Å²) in [5.41, 5.74) is 5.94. The molecule has 0 atom stereocenters. The number of rotatable bonds is 3. The molecule has 13 heavy (non-hydrogen) atoms. The van der Waals surface area contributed by atoms with E-state index in [1.807, 2.05) is 0 Å². The zero-order valence-electron chi connectivity index (χ0n) is 6.93. The largest absolute Gasteiger partial charge is 0.468 e. The van der Waals surface area contributed by atoms with Crippen molar-refractivity contribution in [2.24, 2.45) is 0 Å². The number of nitrogen functional groups attached to an aromatic ring is 1. The third-order valence-electron chi connectivity index (χ3n) is 1.34. The smallest absolute Gasteiger partial charge is 0.383 e. The van der Waals surface area contributed by atoms with E-state index in [1.54, 1.807) is 6.92 Å². The number of hydrogen-bond acceptors (Lipinski definition) is 6. The first kappa shape index (κ1) is 9.83. The monoisotopic (exact) mass is 201 g/mol. The van der Waals surface area contributed by atoms with Crippen LogP contribution in [0.4, 0.5) is 5.82 Å². The highest BCUT2D eigenvalue weighted by Crippen LogP contribution is 2.14. The van der Waals surface area contributed by atoms with Crippen LogP contribution in [0.5, 0.6) is 0 Å². The lowest BCUT2D eigenvalue weighted by molar-refractivity contribution is 0.294. The summed E-state index contributed by atoms with van der Waals surface area (Å²) < 4.78 is 24.5. The molecule has 0 unspecified atom stereocenters. The Hall–Kier alpha value is -1.26. The van der Waals surface area contributed by atoms with Crippen molar-refractivity contribution in [1.82, 2.24) is 9.97 Å². The van der Waals surface area contributed by atoms with Gasteiger partial charge in [-0.05, 0) is 6.92 Å². The molecule has 0 spiro atoms. The molecule has 0 saturated carbocycles. The Morgan fingerprint density at radius 3 is 2.85 bits per heavy atom. The predicted molar refractivity (Wildman–Crippen MR) is 44.3 cm³/mol. The maximum atomic E-state index is 10.1. The molecular weight excluding hydrogens is 193 g/mol. The van der Waals surface area contributed by atoms with Gasteiger partial charge in [0.05, 0.1) is 6.61 Å². The fourth-order valence-corrected chi connectivity index (χ4v) is 0.990. The molecule has 1 aromatic heterocycles. The van der Waals surface area contributed by atoms with Gasteiger partial charge in [-0.25, -0.2) is 19.1 Å². The average Bonchev–Trinajstić information content (AvgIpc) is 2.02. The Morgan fingerprint density at radius 1 is 1.62 bits per heavy atom. The van der Waals surface area contributed by atoms with Gasteiger partial charge in [-0.3, -0.25) is 4.52 Å². The first-order chi connectivity index (χ1) is 6.09. The summed E-state index contributed by atoms with van der Waals surface area (Å²) in [6, 6.07) is 0. The molecule has 70 valence electrons. The number of aromatic nitrogens is 2. The molecule has 0 aliphatic heterocycles. The fraction of sp³-hybridized carbons (Fsp3) is 0.333. The maximum Gasteiger partial charge on any atom is 0.468 e. The van der Waals surface area contributed by atoms with E-state index in [2.05, 4.69) is 14.5 Å². The Labute approximate surface area is 75.1 Å². The summed E-state index contributed by atoms with van der Waals surface area (Å²) in [6.07, 6.45) is 1.44. The van der Waals surface area contributed by atoms with Crippen molar-refractivity contribution in [3.05, 3.63) is 17.6 Å². The van der Waals surface area contributed by atoms with Gasteiger partial charge in [-0.15, -0.1) is 0 Å². The van der Waals surface area contributed by atoms with Crippen LogP contribution >= 0.6 is 7.91 Å². The highest BCUT2D eigenvalue weighted by Gasteiger charge is 2.03. The van der Waals surface area contributed by atoms with Crippen LogP contribution in [0, 0.1) is 6.92 Å². The topological polar surface area (TPSA) is 95.2 Å². The van der Waals surface area contributed by atoms with Gasteiger partial charge >= 0.3 is 7.91 Å². The first-order valence-corrected chi connectivity index (χ1v) is 4.54. The quantitative estimate of drug-likeness (QED) is 0.732. The lowest BCUT2D eigenvalue weighted by atomic mass is 10.3. The maximum absolute atomic E-state index is 10.1. The molecule has 0 bridgehead atoms. The van der Waals surface area contributed by atoms with Crippen molar-refractivity contribution in [2.75, 3.05) is 5.73 Å². The fourth-order valence-electron chi connectivity index (χ4n) is 0.746. The van der Waals surface area contributed by atoms with E-state index < -0.39 is 7.91 Å². The van der Waals surface area contributed by atoms with E-state index in [-0.39, 0.29) is 12.4 Å². The number of hydrogen-bond donors (Lipinski definition) is 1. The molecule has 1 rings (SSSR count). The molecule has 6 nitrogen and oxygen atoms in total. The Kier molecular flexibility index (Phi) is 3.11. The van der Waals surface area contributed by atoms with Crippen LogP contribution in [0.3, 0.4) is 0 Å². The van der Waals surface area contributed by atoms with Crippen molar-refractivity contribution in [3.63, 3.8) is 0 Å². The minimum absolute atomic E-state index is 0.120. The van der Waals surface area contributed by atoms with Crippen molar-refractivity contribution in [2.45, 2.75) is 13.5 Å². The van der Waals surface area contributed by atoms with Gasteiger partial charge in [0.25, 0.3) is 0 Å². The van der Waals surface area contributed by atoms with E-state index in [0.29, 0.717) is 11.4 Å². The van der Waals surface area contributed by atoms with Crippen LogP contribution in [0.1, 0.15) is 11.4 Å². The second-order valence-electron chi connectivity index (χ2n) is 2.32. The van der Waals surface area contributed by atoms with Crippen molar-refractivity contribution in [3.8, 4) is 0 Å². The van der Waals surface area contributed by atoms with Gasteiger partial charge in [0.15, 0.2) is 0 Å².